The fourth-order valence-corrected chi connectivity index (χ4v) is 3.51. The van der Waals surface area contributed by atoms with Gasteiger partial charge in [-0.1, -0.05) is 18.2 Å². The lowest BCUT2D eigenvalue weighted by Crippen LogP contribution is -2.44. The topological polar surface area (TPSA) is 78.3 Å². The zero-order valence-corrected chi connectivity index (χ0v) is 16.0. The molecule has 1 aliphatic heterocycles. The molecule has 1 N–H and O–H groups in total. The molecule has 1 aromatic carbocycles. The van der Waals surface area contributed by atoms with Crippen molar-refractivity contribution in [2.75, 3.05) is 13.2 Å². The summed E-state index contributed by atoms with van der Waals surface area (Å²) in [6.45, 7) is 1.29. The molecule has 1 saturated carbocycles. The van der Waals surface area contributed by atoms with Gasteiger partial charge < -0.3 is 14.8 Å². The van der Waals surface area contributed by atoms with Crippen molar-refractivity contribution in [1.82, 2.24) is 20.1 Å². The van der Waals surface area contributed by atoms with Crippen molar-refractivity contribution in [1.29, 1.82) is 0 Å². The van der Waals surface area contributed by atoms with Crippen molar-refractivity contribution in [3.05, 3.63) is 60.4 Å². The van der Waals surface area contributed by atoms with Crippen LogP contribution in [0, 0.1) is 0 Å². The molecule has 7 nitrogen and oxygen atoms in total. The Morgan fingerprint density at radius 2 is 1.93 bits per heavy atom. The summed E-state index contributed by atoms with van der Waals surface area (Å²) in [5.74, 6) is 1.65. The van der Waals surface area contributed by atoms with Crippen LogP contribution in [0.25, 0.3) is 11.4 Å². The Morgan fingerprint density at radius 1 is 1.10 bits per heavy atom. The lowest BCUT2D eigenvalue weighted by molar-refractivity contribution is -0.130. The maximum absolute atomic E-state index is 12.5. The Hall–Kier alpha value is -3.35. The minimum Gasteiger partial charge on any atom is -0.485 e. The number of ether oxygens (including phenoxy) is 2. The molecule has 0 spiro atoms. The number of nitrogens with zero attached hydrogens (tertiary/aromatic N) is 3. The molecule has 7 heteroatoms. The van der Waals surface area contributed by atoms with Gasteiger partial charge in [0.15, 0.2) is 11.5 Å². The number of hydrogen-bond donors (Lipinski definition) is 1. The van der Waals surface area contributed by atoms with Crippen molar-refractivity contribution in [3.63, 3.8) is 0 Å². The first-order valence-corrected chi connectivity index (χ1v) is 9.93. The molecular weight excluding hydrogens is 368 g/mol. The van der Waals surface area contributed by atoms with E-state index in [2.05, 4.69) is 16.4 Å². The van der Waals surface area contributed by atoms with E-state index in [4.69, 9.17) is 14.6 Å². The number of para-hydroxylation sites is 2. The Kier molecular flexibility index (Phi) is 4.63. The zero-order chi connectivity index (χ0) is 19.6. The second kappa shape index (κ2) is 7.58. The third kappa shape index (κ3) is 3.81. The predicted octanol–water partition coefficient (Wildman–Crippen LogP) is 2.78. The van der Waals surface area contributed by atoms with Crippen LogP contribution in [0.5, 0.6) is 11.5 Å². The van der Waals surface area contributed by atoms with Gasteiger partial charge in [0, 0.05) is 24.4 Å². The summed E-state index contributed by atoms with van der Waals surface area (Å²) in [7, 11) is 0. The normalized spacial score (nSPS) is 17.7. The van der Waals surface area contributed by atoms with Gasteiger partial charge in [0.2, 0.25) is 6.10 Å². The van der Waals surface area contributed by atoms with E-state index in [1.165, 1.54) is 18.5 Å². The quantitative estimate of drug-likeness (QED) is 0.700. The summed E-state index contributed by atoms with van der Waals surface area (Å²) in [6, 6.07) is 15.3. The van der Waals surface area contributed by atoms with Crippen LogP contribution in [0.2, 0.25) is 0 Å². The maximum Gasteiger partial charge on any atom is 0.264 e. The molecular formula is C22H22N4O3. The highest BCUT2D eigenvalue weighted by molar-refractivity contribution is 5.81. The molecule has 0 radical (unpaired) electrons. The van der Waals surface area contributed by atoms with Crippen molar-refractivity contribution < 1.29 is 14.3 Å². The third-order valence-electron chi connectivity index (χ3n) is 5.16. The first-order chi connectivity index (χ1) is 14.3. The molecule has 29 heavy (non-hydrogen) atoms. The van der Waals surface area contributed by atoms with Gasteiger partial charge in [-0.05, 0) is 43.2 Å². The van der Waals surface area contributed by atoms with E-state index in [0.717, 1.165) is 11.4 Å². The standard InChI is InChI=1S/C22H22N4O3/c27-22(21-14-28-19-6-1-2-7-20(19)29-21)24-11-12-26-18(15-8-9-15)13-17(25-26)16-5-3-4-10-23-16/h1-7,10,13,15,21H,8-9,11-12,14H2,(H,24,27)/t21-/m0/s1. The van der Waals surface area contributed by atoms with Crippen molar-refractivity contribution in [2.45, 2.75) is 31.4 Å². The second-order valence-corrected chi connectivity index (χ2v) is 7.32. The molecule has 2 aliphatic rings. The van der Waals surface area contributed by atoms with E-state index in [1.54, 1.807) is 12.3 Å². The fourth-order valence-electron chi connectivity index (χ4n) is 3.51. The van der Waals surface area contributed by atoms with E-state index in [9.17, 15) is 4.79 Å². The zero-order valence-electron chi connectivity index (χ0n) is 16.0. The summed E-state index contributed by atoms with van der Waals surface area (Å²) >= 11 is 0. The molecule has 1 aliphatic carbocycles. The predicted molar refractivity (Wildman–Crippen MR) is 107 cm³/mol. The van der Waals surface area contributed by atoms with E-state index >= 15 is 0 Å². The van der Waals surface area contributed by atoms with Crippen LogP contribution in [0.4, 0.5) is 0 Å². The van der Waals surface area contributed by atoms with Gasteiger partial charge in [0.05, 0.1) is 12.2 Å². The molecule has 3 heterocycles. The number of fused-ring (bicyclic) bond motifs is 1. The molecule has 1 atom stereocenters. The highest BCUT2D eigenvalue weighted by Gasteiger charge is 2.29. The maximum atomic E-state index is 12.5. The lowest BCUT2D eigenvalue weighted by Gasteiger charge is -2.25. The van der Waals surface area contributed by atoms with E-state index in [1.807, 2.05) is 41.1 Å². The van der Waals surface area contributed by atoms with Gasteiger partial charge >= 0.3 is 0 Å². The molecule has 148 valence electrons. The summed E-state index contributed by atoms with van der Waals surface area (Å²) in [6.07, 6.45) is 3.50. The Labute approximate surface area is 168 Å². The highest BCUT2D eigenvalue weighted by Crippen LogP contribution is 2.41. The van der Waals surface area contributed by atoms with Gasteiger partial charge in [0.25, 0.3) is 5.91 Å². The molecule has 3 aromatic rings. The molecule has 0 bridgehead atoms. The number of nitrogens with one attached hydrogen (secondary N) is 1. The molecule has 2 aromatic heterocycles. The average Bonchev–Trinajstić information content (AvgIpc) is 3.53. The Bertz CT molecular complexity index is 1010. The Balaban J connectivity index is 1.22. The van der Waals surface area contributed by atoms with Crippen LogP contribution in [0.1, 0.15) is 24.5 Å². The van der Waals surface area contributed by atoms with Crippen molar-refractivity contribution in [2.24, 2.45) is 0 Å². The highest BCUT2D eigenvalue weighted by atomic mass is 16.6. The van der Waals surface area contributed by atoms with Crippen LogP contribution in [0.15, 0.2) is 54.7 Å². The average molecular weight is 390 g/mol. The van der Waals surface area contributed by atoms with Crippen LogP contribution < -0.4 is 14.8 Å². The largest absolute Gasteiger partial charge is 0.485 e. The van der Waals surface area contributed by atoms with Crippen LogP contribution in [0.3, 0.4) is 0 Å². The smallest absolute Gasteiger partial charge is 0.264 e. The molecule has 5 rings (SSSR count). The number of pyridine rings is 1. The number of rotatable bonds is 6. The van der Waals surface area contributed by atoms with Gasteiger partial charge in [-0.15, -0.1) is 0 Å². The summed E-state index contributed by atoms with van der Waals surface area (Å²) in [5.41, 5.74) is 2.95. The van der Waals surface area contributed by atoms with Crippen LogP contribution >= 0.6 is 0 Å². The number of aromatic nitrogens is 3. The SMILES string of the molecule is O=C(NCCn1nc(-c2ccccn2)cc1C1CC1)[C@@H]1COc2ccccc2O1. The number of hydrogen-bond acceptors (Lipinski definition) is 5. The van der Waals surface area contributed by atoms with E-state index in [0.29, 0.717) is 30.5 Å². The van der Waals surface area contributed by atoms with Gasteiger partial charge in [0.1, 0.15) is 12.3 Å². The molecule has 1 amide bonds. The molecule has 0 saturated heterocycles. The number of carbonyl (C=O) groups excluding carboxylic acids is 1. The monoisotopic (exact) mass is 390 g/mol. The minimum atomic E-state index is -0.644. The van der Waals surface area contributed by atoms with Crippen molar-refractivity contribution >= 4 is 5.91 Å². The van der Waals surface area contributed by atoms with Crippen LogP contribution in [-0.4, -0.2) is 39.9 Å². The lowest BCUT2D eigenvalue weighted by atomic mass is 10.2. The molecule has 1 fully saturated rings. The second-order valence-electron chi connectivity index (χ2n) is 7.32. The molecule has 0 unspecified atom stereocenters. The summed E-state index contributed by atoms with van der Waals surface area (Å²) in [4.78, 5) is 16.9. The first-order valence-electron chi connectivity index (χ1n) is 9.93. The van der Waals surface area contributed by atoms with E-state index < -0.39 is 6.10 Å². The summed E-state index contributed by atoms with van der Waals surface area (Å²) in [5, 5.41) is 7.67. The number of benzene rings is 1. The fraction of sp³-hybridized carbons (Fsp3) is 0.318. The number of carbonyl (C=O) groups is 1. The van der Waals surface area contributed by atoms with Gasteiger partial charge in [-0.2, -0.15) is 5.10 Å². The summed E-state index contributed by atoms with van der Waals surface area (Å²) < 4.78 is 13.4. The van der Waals surface area contributed by atoms with Crippen LogP contribution in [-0.2, 0) is 11.3 Å². The first kappa shape index (κ1) is 17.7. The van der Waals surface area contributed by atoms with Gasteiger partial charge in [-0.3, -0.25) is 14.5 Å². The van der Waals surface area contributed by atoms with Gasteiger partial charge in [-0.25, -0.2) is 0 Å². The third-order valence-corrected chi connectivity index (χ3v) is 5.16. The minimum absolute atomic E-state index is 0.176. The van der Waals surface area contributed by atoms with E-state index in [-0.39, 0.29) is 12.5 Å². The van der Waals surface area contributed by atoms with Crippen molar-refractivity contribution in [3.8, 4) is 22.9 Å². The number of amides is 1. The Morgan fingerprint density at radius 3 is 2.72 bits per heavy atom.